The zero-order valence-electron chi connectivity index (χ0n) is 11.5. The van der Waals surface area contributed by atoms with Gasteiger partial charge in [0.2, 0.25) is 0 Å². The van der Waals surface area contributed by atoms with Crippen molar-refractivity contribution in [3.8, 4) is 11.5 Å². The first-order chi connectivity index (χ1) is 10.6. The molecule has 3 rings (SSSR count). The summed E-state index contributed by atoms with van der Waals surface area (Å²) in [5, 5.41) is 13.4. The molecule has 0 aliphatic carbocycles. The summed E-state index contributed by atoms with van der Waals surface area (Å²) in [7, 11) is 1.45. The van der Waals surface area contributed by atoms with Gasteiger partial charge in [0.05, 0.1) is 23.3 Å². The number of phenols is 1. The van der Waals surface area contributed by atoms with Crippen LogP contribution in [0.5, 0.6) is 11.5 Å². The van der Waals surface area contributed by atoms with Gasteiger partial charge in [0.15, 0.2) is 11.5 Å². The quantitative estimate of drug-likeness (QED) is 0.767. The zero-order chi connectivity index (χ0) is 15.7. The van der Waals surface area contributed by atoms with Crippen LogP contribution >= 0.6 is 11.6 Å². The average Bonchev–Trinajstić information content (AvgIpc) is 2.52. The fourth-order valence-electron chi connectivity index (χ4n) is 2.06. The molecular formula is C15H11ClFN3O2. The monoisotopic (exact) mass is 319 g/mol. The summed E-state index contributed by atoms with van der Waals surface area (Å²) in [5.74, 6) is 0.129. The van der Waals surface area contributed by atoms with E-state index in [2.05, 4.69) is 15.3 Å². The Balaban J connectivity index is 2.11. The predicted octanol–water partition coefficient (Wildman–Crippen LogP) is 3.88. The maximum absolute atomic E-state index is 13.5. The number of fused-ring (bicyclic) bond motifs is 1. The number of hydrogen-bond acceptors (Lipinski definition) is 5. The zero-order valence-corrected chi connectivity index (χ0v) is 12.2. The van der Waals surface area contributed by atoms with Crippen molar-refractivity contribution in [1.82, 2.24) is 9.97 Å². The van der Waals surface area contributed by atoms with Crippen molar-refractivity contribution >= 4 is 34.0 Å². The minimum absolute atomic E-state index is 0.0352. The number of anilines is 2. The summed E-state index contributed by atoms with van der Waals surface area (Å²) in [6.45, 7) is 0. The van der Waals surface area contributed by atoms with Crippen molar-refractivity contribution in [2.45, 2.75) is 0 Å². The van der Waals surface area contributed by atoms with E-state index in [4.69, 9.17) is 16.3 Å². The lowest BCUT2D eigenvalue weighted by atomic mass is 10.2. The van der Waals surface area contributed by atoms with Crippen LogP contribution in [0.2, 0.25) is 5.02 Å². The molecule has 0 aliphatic heterocycles. The highest BCUT2D eigenvalue weighted by atomic mass is 35.5. The predicted molar refractivity (Wildman–Crippen MR) is 82.4 cm³/mol. The van der Waals surface area contributed by atoms with E-state index in [0.29, 0.717) is 28.2 Å². The van der Waals surface area contributed by atoms with Gasteiger partial charge in [0.1, 0.15) is 18.0 Å². The molecule has 112 valence electrons. The molecule has 0 unspecified atom stereocenters. The molecule has 0 saturated heterocycles. The van der Waals surface area contributed by atoms with Crippen LogP contribution in [0.1, 0.15) is 0 Å². The molecular weight excluding hydrogens is 309 g/mol. The second kappa shape index (κ2) is 5.65. The van der Waals surface area contributed by atoms with E-state index in [1.807, 2.05) is 0 Å². The first-order valence-electron chi connectivity index (χ1n) is 6.33. The Labute approximate surface area is 130 Å². The number of aromatic hydroxyl groups is 1. The fraction of sp³-hybridized carbons (Fsp3) is 0.0667. The maximum Gasteiger partial charge on any atom is 0.162 e. The number of halogens is 2. The van der Waals surface area contributed by atoms with E-state index in [1.54, 1.807) is 12.1 Å². The van der Waals surface area contributed by atoms with Gasteiger partial charge in [-0.2, -0.15) is 0 Å². The van der Waals surface area contributed by atoms with E-state index >= 15 is 0 Å². The Bertz CT molecular complexity index is 858. The molecule has 2 aromatic carbocycles. The summed E-state index contributed by atoms with van der Waals surface area (Å²) in [6, 6.07) is 7.49. The minimum atomic E-state index is -0.533. The number of ether oxygens (including phenoxy) is 1. The molecule has 5 nitrogen and oxygen atoms in total. The van der Waals surface area contributed by atoms with E-state index in [9.17, 15) is 9.50 Å². The van der Waals surface area contributed by atoms with Gasteiger partial charge in [-0.25, -0.2) is 14.4 Å². The van der Waals surface area contributed by atoms with Crippen molar-refractivity contribution in [3.63, 3.8) is 0 Å². The summed E-state index contributed by atoms with van der Waals surface area (Å²) in [5.41, 5.74) is 0.941. The normalized spacial score (nSPS) is 10.7. The van der Waals surface area contributed by atoms with Crippen LogP contribution in [0, 0.1) is 5.82 Å². The minimum Gasteiger partial charge on any atom is -0.504 e. The number of nitrogens with zero attached hydrogens (tertiary/aromatic N) is 2. The molecule has 0 aliphatic rings. The lowest BCUT2D eigenvalue weighted by molar-refractivity contribution is 0.374. The number of methoxy groups -OCH3 is 1. The Morgan fingerprint density at radius 3 is 2.86 bits per heavy atom. The number of hydrogen-bond donors (Lipinski definition) is 2. The molecule has 3 aromatic rings. The van der Waals surface area contributed by atoms with Crippen molar-refractivity contribution in [2.75, 3.05) is 12.4 Å². The topological polar surface area (TPSA) is 67.3 Å². The Hall–Kier alpha value is -2.60. The molecule has 1 aromatic heterocycles. The smallest absolute Gasteiger partial charge is 0.162 e. The van der Waals surface area contributed by atoms with Crippen molar-refractivity contribution in [2.24, 2.45) is 0 Å². The van der Waals surface area contributed by atoms with Crippen molar-refractivity contribution in [3.05, 3.63) is 47.5 Å². The SMILES string of the molecule is COc1cc2ncnc(Nc3cccc(F)c3Cl)c2cc1O. The van der Waals surface area contributed by atoms with Gasteiger partial charge in [0.25, 0.3) is 0 Å². The molecule has 1 heterocycles. The highest BCUT2D eigenvalue weighted by Crippen LogP contribution is 2.34. The summed E-state index contributed by atoms with van der Waals surface area (Å²) >= 11 is 5.92. The molecule has 0 saturated carbocycles. The lowest BCUT2D eigenvalue weighted by Gasteiger charge is -2.11. The summed E-state index contributed by atoms with van der Waals surface area (Å²) < 4.78 is 18.5. The van der Waals surface area contributed by atoms with Crippen LogP contribution in [0.3, 0.4) is 0 Å². The summed E-state index contributed by atoms with van der Waals surface area (Å²) in [6.07, 6.45) is 1.36. The number of benzene rings is 2. The van der Waals surface area contributed by atoms with Crippen LogP contribution in [0.25, 0.3) is 10.9 Å². The second-order valence-electron chi connectivity index (χ2n) is 4.49. The number of rotatable bonds is 3. The van der Waals surface area contributed by atoms with Gasteiger partial charge in [-0.1, -0.05) is 17.7 Å². The highest BCUT2D eigenvalue weighted by Gasteiger charge is 2.12. The third kappa shape index (κ3) is 2.48. The molecule has 0 atom stereocenters. The molecule has 7 heteroatoms. The first kappa shape index (κ1) is 14.3. The van der Waals surface area contributed by atoms with Crippen LogP contribution in [-0.4, -0.2) is 22.2 Å². The number of phenolic OH excluding ortho intramolecular Hbond substituents is 1. The van der Waals surface area contributed by atoms with E-state index < -0.39 is 5.82 Å². The Morgan fingerprint density at radius 1 is 1.27 bits per heavy atom. The molecule has 0 fully saturated rings. The molecule has 0 radical (unpaired) electrons. The lowest BCUT2D eigenvalue weighted by Crippen LogP contribution is -1.98. The first-order valence-corrected chi connectivity index (χ1v) is 6.70. The number of nitrogens with one attached hydrogen (secondary N) is 1. The van der Waals surface area contributed by atoms with Crippen molar-refractivity contribution in [1.29, 1.82) is 0 Å². The van der Waals surface area contributed by atoms with Crippen LogP contribution in [0.15, 0.2) is 36.7 Å². The standard InChI is InChI=1S/C15H11ClFN3O2/c1-22-13-6-11-8(5-12(13)21)15(19-7-18-11)20-10-4-2-3-9(17)14(10)16/h2-7,21H,1H3,(H,18,19,20). The van der Waals surface area contributed by atoms with Gasteiger partial charge < -0.3 is 15.2 Å². The van der Waals surface area contributed by atoms with Gasteiger partial charge >= 0.3 is 0 Å². The van der Waals surface area contributed by atoms with Crippen LogP contribution < -0.4 is 10.1 Å². The largest absolute Gasteiger partial charge is 0.504 e. The Kier molecular flexibility index (Phi) is 3.68. The molecule has 0 amide bonds. The van der Waals surface area contributed by atoms with E-state index in [-0.39, 0.29) is 10.8 Å². The molecule has 2 N–H and O–H groups in total. The third-order valence-electron chi connectivity index (χ3n) is 3.14. The second-order valence-corrected chi connectivity index (χ2v) is 4.87. The molecule has 0 spiro atoms. The maximum atomic E-state index is 13.5. The number of aromatic nitrogens is 2. The molecule has 0 bridgehead atoms. The average molecular weight is 320 g/mol. The fourth-order valence-corrected chi connectivity index (χ4v) is 2.24. The van der Waals surface area contributed by atoms with Gasteiger partial charge in [-0.05, 0) is 18.2 Å². The van der Waals surface area contributed by atoms with Gasteiger partial charge in [-0.3, -0.25) is 0 Å². The van der Waals surface area contributed by atoms with Gasteiger partial charge in [-0.15, -0.1) is 0 Å². The highest BCUT2D eigenvalue weighted by molar-refractivity contribution is 6.33. The Morgan fingerprint density at radius 2 is 2.09 bits per heavy atom. The van der Waals surface area contributed by atoms with E-state index in [0.717, 1.165) is 0 Å². The van der Waals surface area contributed by atoms with Crippen molar-refractivity contribution < 1.29 is 14.2 Å². The van der Waals surface area contributed by atoms with Crippen LogP contribution in [-0.2, 0) is 0 Å². The van der Waals surface area contributed by atoms with Crippen LogP contribution in [0.4, 0.5) is 15.9 Å². The van der Waals surface area contributed by atoms with Gasteiger partial charge in [0, 0.05) is 11.5 Å². The van der Waals surface area contributed by atoms with E-state index in [1.165, 1.54) is 31.6 Å². The molecule has 22 heavy (non-hydrogen) atoms. The summed E-state index contributed by atoms with van der Waals surface area (Å²) in [4.78, 5) is 8.24. The third-order valence-corrected chi connectivity index (χ3v) is 3.52.